The second-order valence-electron chi connectivity index (χ2n) is 6.34. The van der Waals surface area contributed by atoms with Crippen LogP contribution >= 0.6 is 0 Å². The fourth-order valence-corrected chi connectivity index (χ4v) is 2.29. The number of nitrogens with one attached hydrogen (secondary N) is 1. The third kappa shape index (κ3) is 3.31. The summed E-state index contributed by atoms with van der Waals surface area (Å²) in [5.74, 6) is 1.08. The lowest BCUT2D eigenvalue weighted by atomic mass is 10.1. The van der Waals surface area contributed by atoms with E-state index in [4.69, 9.17) is 4.98 Å². The van der Waals surface area contributed by atoms with Crippen LogP contribution < -0.4 is 10.2 Å². The Kier molecular flexibility index (Phi) is 4.33. The van der Waals surface area contributed by atoms with Gasteiger partial charge in [-0.1, -0.05) is 13.0 Å². The van der Waals surface area contributed by atoms with Crippen LogP contribution in [0.5, 0.6) is 0 Å². The predicted octanol–water partition coefficient (Wildman–Crippen LogP) is 3.07. The van der Waals surface area contributed by atoms with Crippen molar-refractivity contribution in [2.24, 2.45) is 0 Å². The van der Waals surface area contributed by atoms with Crippen LogP contribution in [0.25, 0.3) is 5.65 Å². The zero-order valence-corrected chi connectivity index (χ0v) is 13.3. The van der Waals surface area contributed by atoms with Gasteiger partial charge in [0.1, 0.15) is 5.65 Å². The van der Waals surface area contributed by atoms with Gasteiger partial charge in [0.05, 0.1) is 5.69 Å². The smallest absolute Gasteiger partial charge is 0.152 e. The molecule has 2 heterocycles. The molecular weight excluding hydrogens is 248 g/mol. The first-order valence-electron chi connectivity index (χ1n) is 7.34. The van der Waals surface area contributed by atoms with Gasteiger partial charge in [0.25, 0.3) is 0 Å². The molecule has 0 aliphatic rings. The van der Waals surface area contributed by atoms with Crippen LogP contribution in [0.1, 0.15) is 39.8 Å². The Labute approximate surface area is 121 Å². The van der Waals surface area contributed by atoms with Gasteiger partial charge in [-0.05, 0) is 39.3 Å². The highest BCUT2D eigenvalue weighted by atomic mass is 15.2. The van der Waals surface area contributed by atoms with E-state index in [1.807, 2.05) is 6.07 Å². The van der Waals surface area contributed by atoms with E-state index in [9.17, 15) is 0 Å². The highest BCUT2D eigenvalue weighted by Crippen LogP contribution is 2.21. The third-order valence-electron chi connectivity index (χ3n) is 3.31. The number of fused-ring (bicyclic) bond motifs is 1. The molecule has 4 nitrogen and oxygen atoms in total. The maximum Gasteiger partial charge on any atom is 0.152 e. The average molecular weight is 274 g/mol. The Morgan fingerprint density at radius 1 is 1.30 bits per heavy atom. The summed E-state index contributed by atoms with van der Waals surface area (Å²) < 4.78 is 2.18. The molecule has 0 bridgehead atoms. The Morgan fingerprint density at radius 3 is 2.70 bits per heavy atom. The quantitative estimate of drug-likeness (QED) is 0.909. The van der Waals surface area contributed by atoms with E-state index in [0.29, 0.717) is 0 Å². The largest absolute Gasteiger partial charge is 0.358 e. The minimum atomic E-state index is 0.0968. The SMILES string of the molecule is CCCN(C)c1nc2ccccn2c1CNC(C)(C)C. The molecule has 0 saturated heterocycles. The van der Waals surface area contributed by atoms with Crippen molar-refractivity contribution in [3.05, 3.63) is 30.1 Å². The van der Waals surface area contributed by atoms with E-state index in [0.717, 1.165) is 31.0 Å². The minimum Gasteiger partial charge on any atom is -0.358 e. The number of hydrogen-bond donors (Lipinski definition) is 1. The van der Waals surface area contributed by atoms with Crippen molar-refractivity contribution < 1.29 is 0 Å². The molecule has 0 atom stereocenters. The minimum absolute atomic E-state index is 0.0968. The van der Waals surface area contributed by atoms with E-state index in [-0.39, 0.29) is 5.54 Å². The van der Waals surface area contributed by atoms with Gasteiger partial charge in [-0.2, -0.15) is 0 Å². The van der Waals surface area contributed by atoms with Gasteiger partial charge in [0.2, 0.25) is 0 Å². The molecule has 0 unspecified atom stereocenters. The van der Waals surface area contributed by atoms with Crippen LogP contribution in [0.2, 0.25) is 0 Å². The molecule has 0 aliphatic heterocycles. The van der Waals surface area contributed by atoms with Crippen LogP contribution in [-0.2, 0) is 6.54 Å². The number of rotatable bonds is 5. The number of hydrogen-bond acceptors (Lipinski definition) is 3. The lowest BCUT2D eigenvalue weighted by Gasteiger charge is -2.22. The summed E-state index contributed by atoms with van der Waals surface area (Å²) in [4.78, 5) is 7.02. The summed E-state index contributed by atoms with van der Waals surface area (Å²) in [6.45, 7) is 10.6. The van der Waals surface area contributed by atoms with Gasteiger partial charge in [-0.25, -0.2) is 4.98 Å². The van der Waals surface area contributed by atoms with Gasteiger partial charge in [-0.15, -0.1) is 0 Å². The molecule has 0 amide bonds. The molecule has 2 rings (SSSR count). The van der Waals surface area contributed by atoms with E-state index in [2.05, 4.69) is 67.7 Å². The molecule has 0 aromatic carbocycles. The van der Waals surface area contributed by atoms with Crippen LogP contribution in [0.15, 0.2) is 24.4 Å². The number of pyridine rings is 1. The van der Waals surface area contributed by atoms with Crippen LogP contribution in [0, 0.1) is 0 Å². The first-order valence-corrected chi connectivity index (χ1v) is 7.34. The van der Waals surface area contributed by atoms with Crippen LogP contribution in [-0.4, -0.2) is 28.5 Å². The molecule has 20 heavy (non-hydrogen) atoms. The Hall–Kier alpha value is -1.55. The van der Waals surface area contributed by atoms with E-state index in [1.54, 1.807) is 0 Å². The topological polar surface area (TPSA) is 32.6 Å². The lowest BCUT2D eigenvalue weighted by molar-refractivity contribution is 0.420. The monoisotopic (exact) mass is 274 g/mol. The fourth-order valence-electron chi connectivity index (χ4n) is 2.29. The summed E-state index contributed by atoms with van der Waals surface area (Å²) in [6.07, 6.45) is 3.21. The van der Waals surface area contributed by atoms with Gasteiger partial charge in [0.15, 0.2) is 5.82 Å². The first kappa shape index (κ1) is 14.9. The number of imidazole rings is 1. The normalized spacial score (nSPS) is 12.1. The zero-order valence-electron chi connectivity index (χ0n) is 13.3. The van der Waals surface area contributed by atoms with Gasteiger partial charge in [0, 0.05) is 31.9 Å². The standard InChI is InChI=1S/C16H26N4/c1-6-10-19(5)15-13(12-17-16(2,3)4)20-11-8-7-9-14(20)18-15/h7-9,11,17H,6,10,12H2,1-5H3. The summed E-state index contributed by atoms with van der Waals surface area (Å²) in [7, 11) is 2.12. The van der Waals surface area contributed by atoms with Gasteiger partial charge in [-0.3, -0.25) is 0 Å². The lowest BCUT2D eigenvalue weighted by Crippen LogP contribution is -2.36. The first-order chi connectivity index (χ1) is 9.42. The van der Waals surface area contributed by atoms with Crippen molar-refractivity contribution in [1.82, 2.24) is 14.7 Å². The fraction of sp³-hybridized carbons (Fsp3) is 0.562. The highest BCUT2D eigenvalue weighted by molar-refractivity contribution is 5.55. The van der Waals surface area contributed by atoms with E-state index in [1.165, 1.54) is 5.69 Å². The van der Waals surface area contributed by atoms with Crippen molar-refractivity contribution in [2.45, 2.75) is 46.2 Å². The summed E-state index contributed by atoms with van der Waals surface area (Å²) in [5, 5.41) is 3.57. The van der Waals surface area contributed by atoms with Gasteiger partial charge >= 0.3 is 0 Å². The predicted molar refractivity (Wildman–Crippen MR) is 85.3 cm³/mol. The maximum absolute atomic E-state index is 4.78. The Bertz CT molecular complexity index is 565. The molecular formula is C16H26N4. The Morgan fingerprint density at radius 2 is 2.05 bits per heavy atom. The molecule has 0 radical (unpaired) electrons. The highest BCUT2D eigenvalue weighted by Gasteiger charge is 2.17. The molecule has 0 aliphatic carbocycles. The summed E-state index contributed by atoms with van der Waals surface area (Å²) in [6, 6.07) is 6.15. The van der Waals surface area contributed by atoms with Crippen molar-refractivity contribution in [3.63, 3.8) is 0 Å². The van der Waals surface area contributed by atoms with Crippen molar-refractivity contribution in [3.8, 4) is 0 Å². The zero-order chi connectivity index (χ0) is 14.8. The van der Waals surface area contributed by atoms with Crippen LogP contribution in [0.4, 0.5) is 5.82 Å². The molecule has 110 valence electrons. The average Bonchev–Trinajstić information content (AvgIpc) is 2.74. The van der Waals surface area contributed by atoms with Crippen molar-refractivity contribution in [1.29, 1.82) is 0 Å². The molecule has 4 heteroatoms. The maximum atomic E-state index is 4.78. The molecule has 2 aromatic heterocycles. The summed E-state index contributed by atoms with van der Waals surface area (Å²) in [5.41, 5.74) is 2.34. The van der Waals surface area contributed by atoms with Crippen molar-refractivity contribution in [2.75, 3.05) is 18.5 Å². The van der Waals surface area contributed by atoms with E-state index < -0.39 is 0 Å². The van der Waals surface area contributed by atoms with Crippen molar-refractivity contribution >= 4 is 11.5 Å². The Balaban J connectivity index is 2.39. The molecule has 2 aromatic rings. The van der Waals surface area contributed by atoms with E-state index >= 15 is 0 Å². The van der Waals surface area contributed by atoms with Gasteiger partial charge < -0.3 is 14.6 Å². The molecule has 0 saturated carbocycles. The van der Waals surface area contributed by atoms with Crippen LogP contribution in [0.3, 0.4) is 0 Å². The summed E-state index contributed by atoms with van der Waals surface area (Å²) >= 11 is 0. The second-order valence-corrected chi connectivity index (χ2v) is 6.34. The number of nitrogens with zero attached hydrogens (tertiary/aromatic N) is 3. The molecule has 0 spiro atoms. The third-order valence-corrected chi connectivity index (χ3v) is 3.31. The molecule has 1 N–H and O–H groups in total. The number of aromatic nitrogens is 2. The second kappa shape index (κ2) is 5.83. The molecule has 0 fully saturated rings. The number of anilines is 1.